The smallest absolute Gasteiger partial charge is 0.462 e. The Hall–Kier alpha value is -2.30. The van der Waals surface area contributed by atoms with Gasteiger partial charge in [0.05, 0.1) is 19.8 Å². The van der Waals surface area contributed by atoms with Crippen LogP contribution in [0.15, 0.2) is 36.5 Å². The number of esters is 3. The minimum absolute atomic E-state index is 0.157. The van der Waals surface area contributed by atoms with E-state index in [1.165, 1.54) is 154 Å². The van der Waals surface area contributed by atoms with Gasteiger partial charge in [-0.1, -0.05) is 263 Å². The van der Waals surface area contributed by atoms with E-state index >= 15 is 0 Å². The van der Waals surface area contributed by atoms with Crippen LogP contribution in [0.3, 0.4) is 0 Å². The van der Waals surface area contributed by atoms with E-state index < -0.39 is 57.8 Å². The number of phosphoric acid groups is 1. The summed E-state index contributed by atoms with van der Waals surface area (Å²) < 4.78 is 39.5. The summed E-state index contributed by atoms with van der Waals surface area (Å²) in [4.78, 5) is 48.5. The van der Waals surface area contributed by atoms with E-state index in [0.29, 0.717) is 19.3 Å². The number of aliphatic hydroxyl groups is 1. The summed E-state index contributed by atoms with van der Waals surface area (Å²) in [5, 5.41) is 9.79. The molecule has 0 aliphatic rings. The van der Waals surface area contributed by atoms with Crippen LogP contribution in [0.1, 0.15) is 303 Å². The number of phosphoric ester groups is 1. The maximum Gasteiger partial charge on any atom is 0.472 e. The number of rotatable bonds is 58. The number of ether oxygens (including phenoxy) is 3. The van der Waals surface area contributed by atoms with Crippen molar-refractivity contribution in [3.05, 3.63) is 36.5 Å². The average molecular weight is 1070 g/mol. The molecule has 0 rings (SSSR count). The topological polar surface area (TPSA) is 155 Å². The predicted molar refractivity (Wildman–Crippen MR) is 307 cm³/mol. The van der Waals surface area contributed by atoms with E-state index in [0.717, 1.165) is 89.9 Å². The number of carbonyl (C=O) groups is 3. The van der Waals surface area contributed by atoms with Crippen LogP contribution < -0.4 is 0 Å². The number of hydrogen-bond acceptors (Lipinski definition) is 10. The summed E-state index contributed by atoms with van der Waals surface area (Å²) in [5.41, 5.74) is 0. The molecule has 0 spiro atoms. The lowest BCUT2D eigenvalue weighted by molar-refractivity contribution is -0.161. The van der Waals surface area contributed by atoms with E-state index in [2.05, 4.69) is 57.2 Å². The second-order valence-electron chi connectivity index (χ2n) is 20.9. The first-order valence-electron chi connectivity index (χ1n) is 30.9. The molecule has 434 valence electrons. The molecule has 0 fully saturated rings. The molecular formula is C62H115O11P. The predicted octanol–water partition coefficient (Wildman–Crippen LogP) is 18.4. The summed E-state index contributed by atoms with van der Waals surface area (Å²) in [6.45, 7) is 4.63. The van der Waals surface area contributed by atoms with Gasteiger partial charge >= 0.3 is 25.7 Å². The Balaban J connectivity index is 4.67. The van der Waals surface area contributed by atoms with E-state index in [1.54, 1.807) is 0 Å². The lowest BCUT2D eigenvalue weighted by atomic mass is 10.0. The van der Waals surface area contributed by atoms with Crippen molar-refractivity contribution in [2.75, 3.05) is 26.4 Å². The van der Waals surface area contributed by atoms with Crippen LogP contribution in [-0.2, 0) is 42.2 Å². The summed E-state index contributed by atoms with van der Waals surface area (Å²) in [5.74, 6) is -1.46. The van der Waals surface area contributed by atoms with E-state index in [4.69, 9.17) is 23.3 Å². The van der Waals surface area contributed by atoms with Gasteiger partial charge in [0.2, 0.25) is 0 Å². The Kier molecular flexibility index (Phi) is 55.1. The van der Waals surface area contributed by atoms with Gasteiger partial charge in [-0.3, -0.25) is 23.4 Å². The van der Waals surface area contributed by atoms with E-state index in [-0.39, 0.29) is 25.9 Å². The zero-order chi connectivity index (χ0) is 54.1. The van der Waals surface area contributed by atoms with Crippen molar-refractivity contribution in [2.24, 2.45) is 0 Å². The first-order chi connectivity index (χ1) is 36.2. The fraction of sp³-hybridized carbons (Fsp3) is 0.855. The zero-order valence-corrected chi connectivity index (χ0v) is 49.0. The highest BCUT2D eigenvalue weighted by Crippen LogP contribution is 2.43. The van der Waals surface area contributed by atoms with Crippen LogP contribution in [0, 0.1) is 0 Å². The Morgan fingerprint density at radius 2 is 0.662 bits per heavy atom. The first-order valence-corrected chi connectivity index (χ1v) is 32.4. The zero-order valence-electron chi connectivity index (χ0n) is 48.1. The Labute approximate surface area is 454 Å². The highest BCUT2D eigenvalue weighted by Gasteiger charge is 2.28. The first kappa shape index (κ1) is 71.7. The minimum Gasteiger partial charge on any atom is -0.462 e. The van der Waals surface area contributed by atoms with Gasteiger partial charge in [0.25, 0.3) is 0 Å². The molecule has 0 aromatic carbocycles. The van der Waals surface area contributed by atoms with Gasteiger partial charge in [-0.25, -0.2) is 4.57 Å². The highest BCUT2D eigenvalue weighted by atomic mass is 31.2. The number of allylic oxidation sites excluding steroid dienone is 6. The average Bonchev–Trinajstić information content (AvgIpc) is 3.39. The molecule has 0 radical (unpaired) electrons. The van der Waals surface area contributed by atoms with Crippen molar-refractivity contribution in [2.45, 2.75) is 315 Å². The quantitative estimate of drug-likeness (QED) is 0.0197. The number of hydrogen-bond donors (Lipinski definition) is 2. The molecule has 0 aliphatic carbocycles. The summed E-state index contributed by atoms with van der Waals surface area (Å²) in [6, 6.07) is 0. The molecule has 0 aliphatic heterocycles. The molecule has 0 heterocycles. The van der Waals surface area contributed by atoms with Gasteiger partial charge in [-0.05, 0) is 57.8 Å². The molecule has 0 amide bonds. The molecule has 12 heteroatoms. The molecule has 74 heavy (non-hydrogen) atoms. The van der Waals surface area contributed by atoms with E-state index in [9.17, 15) is 28.9 Å². The number of carbonyl (C=O) groups excluding carboxylic acids is 3. The van der Waals surface area contributed by atoms with Gasteiger partial charge in [-0.2, -0.15) is 0 Å². The summed E-state index contributed by atoms with van der Waals surface area (Å²) >= 11 is 0. The molecule has 0 aromatic rings. The maximum atomic E-state index is 12.9. The lowest BCUT2D eigenvalue weighted by Gasteiger charge is -2.21. The van der Waals surface area contributed by atoms with Crippen LogP contribution >= 0.6 is 7.82 Å². The van der Waals surface area contributed by atoms with Crippen LogP contribution in [-0.4, -0.2) is 66.5 Å². The van der Waals surface area contributed by atoms with Crippen molar-refractivity contribution < 1.29 is 52.2 Å². The molecule has 0 saturated carbocycles. The third-order valence-corrected chi connectivity index (χ3v) is 14.5. The minimum atomic E-state index is -4.74. The highest BCUT2D eigenvalue weighted by molar-refractivity contribution is 7.47. The SMILES string of the molecule is CCCCC/C=C\C/C=C\C/C=C\CCCCCCCCC(=O)OC(COC(=O)CCCCCCCCCCCCCCCCCCCCC)COP(=O)(O)OCC(CO)OC(=O)CCCCCCCCCCC. The van der Waals surface area contributed by atoms with Crippen LogP contribution in [0.2, 0.25) is 0 Å². The van der Waals surface area contributed by atoms with Crippen LogP contribution in [0.4, 0.5) is 0 Å². The second-order valence-corrected chi connectivity index (χ2v) is 22.3. The molecular weight excluding hydrogens is 952 g/mol. The maximum absolute atomic E-state index is 12.9. The third-order valence-electron chi connectivity index (χ3n) is 13.6. The van der Waals surface area contributed by atoms with Crippen LogP contribution in [0.25, 0.3) is 0 Å². The molecule has 11 nitrogen and oxygen atoms in total. The molecule has 2 N–H and O–H groups in total. The molecule has 0 saturated heterocycles. The monoisotopic (exact) mass is 1070 g/mol. The van der Waals surface area contributed by atoms with Gasteiger partial charge in [-0.15, -0.1) is 0 Å². The molecule has 0 aromatic heterocycles. The Bertz CT molecular complexity index is 1380. The van der Waals surface area contributed by atoms with Gasteiger partial charge in [0.1, 0.15) is 12.7 Å². The second kappa shape index (κ2) is 56.9. The van der Waals surface area contributed by atoms with E-state index in [1.807, 2.05) is 0 Å². The fourth-order valence-electron chi connectivity index (χ4n) is 8.84. The standard InChI is InChI=1S/C62H115O11P/c1-4-7-10-13-16-19-21-23-25-27-29-31-33-35-37-40-42-45-48-51-60(64)69-55-59(57-71-74(67,68)70-56-58(54-63)72-61(65)52-49-46-43-39-18-15-12-9-6-3)73-62(66)53-50-47-44-41-38-36-34-32-30-28-26-24-22-20-17-14-11-8-5-2/h17,20,24,26,30,32,58-59,63H,4-16,18-19,21-23,25,27-29,31,33-57H2,1-3H3,(H,67,68)/b20-17-,26-24-,32-30-. The van der Waals surface area contributed by atoms with Crippen molar-refractivity contribution in [3.8, 4) is 0 Å². The number of unbranched alkanes of at least 4 members (excludes halogenated alkanes) is 35. The van der Waals surface area contributed by atoms with Gasteiger partial charge in [0.15, 0.2) is 6.10 Å². The van der Waals surface area contributed by atoms with Gasteiger partial charge < -0.3 is 24.2 Å². The molecule has 3 unspecified atom stereocenters. The number of aliphatic hydroxyl groups excluding tert-OH is 1. The van der Waals surface area contributed by atoms with Crippen LogP contribution in [0.5, 0.6) is 0 Å². The lowest BCUT2D eigenvalue weighted by Crippen LogP contribution is -2.30. The summed E-state index contributed by atoms with van der Waals surface area (Å²) in [6.07, 6.45) is 59.7. The fourth-order valence-corrected chi connectivity index (χ4v) is 9.62. The van der Waals surface area contributed by atoms with Crippen molar-refractivity contribution in [1.82, 2.24) is 0 Å². The summed E-state index contributed by atoms with van der Waals surface area (Å²) in [7, 11) is -4.74. The van der Waals surface area contributed by atoms with Gasteiger partial charge in [0, 0.05) is 19.3 Å². The molecule has 3 atom stereocenters. The largest absolute Gasteiger partial charge is 0.472 e. The Morgan fingerprint density at radius 1 is 0.378 bits per heavy atom. The molecule has 0 bridgehead atoms. The third kappa shape index (κ3) is 54.5. The van der Waals surface area contributed by atoms with Crippen molar-refractivity contribution in [1.29, 1.82) is 0 Å². The van der Waals surface area contributed by atoms with Crippen molar-refractivity contribution in [3.63, 3.8) is 0 Å². The Morgan fingerprint density at radius 3 is 1.04 bits per heavy atom. The van der Waals surface area contributed by atoms with Crippen molar-refractivity contribution >= 4 is 25.7 Å². The normalized spacial score (nSPS) is 13.5.